The van der Waals surface area contributed by atoms with E-state index < -0.39 is 0 Å². The number of rotatable bonds is 4. The van der Waals surface area contributed by atoms with Gasteiger partial charge in [0.25, 0.3) is 0 Å². The molecule has 1 saturated carbocycles. The molecule has 21 heavy (non-hydrogen) atoms. The minimum atomic E-state index is -0.0314. The standard InChI is InChI=1S/C16H29N3O2/c1-18-15(20)14-6-3-9-19(11-14)16(21)13-5-2-4-12(10-13)7-8-17/h12-14H,2-11,17H2,1H3,(H,18,20). The Morgan fingerprint density at radius 3 is 2.67 bits per heavy atom. The molecule has 3 atom stereocenters. The van der Waals surface area contributed by atoms with Gasteiger partial charge in [-0.05, 0) is 44.6 Å². The van der Waals surface area contributed by atoms with Crippen molar-refractivity contribution in [1.29, 1.82) is 0 Å². The molecule has 2 fully saturated rings. The number of piperidine rings is 1. The molecule has 0 aromatic heterocycles. The van der Waals surface area contributed by atoms with Crippen LogP contribution in [0.1, 0.15) is 44.9 Å². The van der Waals surface area contributed by atoms with Crippen molar-refractivity contribution in [3.05, 3.63) is 0 Å². The largest absolute Gasteiger partial charge is 0.359 e. The summed E-state index contributed by atoms with van der Waals surface area (Å²) in [5, 5.41) is 2.71. The second kappa shape index (κ2) is 7.78. The van der Waals surface area contributed by atoms with Gasteiger partial charge in [0.15, 0.2) is 0 Å². The Morgan fingerprint density at radius 2 is 1.95 bits per heavy atom. The van der Waals surface area contributed by atoms with E-state index in [0.717, 1.165) is 45.1 Å². The van der Waals surface area contributed by atoms with E-state index in [2.05, 4.69) is 5.32 Å². The molecule has 1 saturated heterocycles. The fourth-order valence-corrected chi connectivity index (χ4v) is 3.87. The van der Waals surface area contributed by atoms with Crippen molar-refractivity contribution in [2.75, 3.05) is 26.7 Å². The number of hydrogen-bond donors (Lipinski definition) is 2. The van der Waals surface area contributed by atoms with Gasteiger partial charge in [-0.3, -0.25) is 9.59 Å². The van der Waals surface area contributed by atoms with Gasteiger partial charge in [0.05, 0.1) is 5.92 Å². The van der Waals surface area contributed by atoms with Gasteiger partial charge in [-0.25, -0.2) is 0 Å². The van der Waals surface area contributed by atoms with Crippen LogP contribution in [0.5, 0.6) is 0 Å². The lowest BCUT2D eigenvalue weighted by molar-refractivity contribution is -0.140. The Balaban J connectivity index is 1.91. The quantitative estimate of drug-likeness (QED) is 0.816. The van der Waals surface area contributed by atoms with Gasteiger partial charge in [0.2, 0.25) is 11.8 Å². The number of hydrogen-bond acceptors (Lipinski definition) is 3. The number of amides is 2. The lowest BCUT2D eigenvalue weighted by Crippen LogP contribution is -2.47. The van der Waals surface area contributed by atoms with Crippen LogP contribution < -0.4 is 11.1 Å². The summed E-state index contributed by atoms with van der Waals surface area (Å²) in [6, 6.07) is 0. The number of likely N-dealkylation sites (tertiary alicyclic amines) is 1. The van der Waals surface area contributed by atoms with Crippen LogP contribution in [0.25, 0.3) is 0 Å². The second-order valence-corrected chi connectivity index (χ2v) is 6.54. The van der Waals surface area contributed by atoms with E-state index in [-0.39, 0.29) is 23.7 Å². The van der Waals surface area contributed by atoms with Crippen molar-refractivity contribution < 1.29 is 9.59 Å². The maximum atomic E-state index is 12.7. The average Bonchev–Trinajstić information content (AvgIpc) is 2.54. The third-order valence-electron chi connectivity index (χ3n) is 5.06. The maximum Gasteiger partial charge on any atom is 0.225 e. The van der Waals surface area contributed by atoms with Crippen molar-refractivity contribution >= 4 is 11.8 Å². The van der Waals surface area contributed by atoms with Crippen LogP contribution in [0.3, 0.4) is 0 Å². The number of nitrogens with one attached hydrogen (secondary N) is 1. The molecule has 2 rings (SSSR count). The van der Waals surface area contributed by atoms with Gasteiger partial charge in [0.1, 0.15) is 0 Å². The SMILES string of the molecule is CNC(=O)C1CCCN(C(=O)C2CCCC(CCN)C2)C1. The first kappa shape index (κ1) is 16.3. The van der Waals surface area contributed by atoms with Gasteiger partial charge in [-0.15, -0.1) is 0 Å². The van der Waals surface area contributed by atoms with Crippen LogP contribution in [0.15, 0.2) is 0 Å². The number of nitrogens with two attached hydrogens (primary N) is 1. The number of carbonyl (C=O) groups excluding carboxylic acids is 2. The fourth-order valence-electron chi connectivity index (χ4n) is 3.87. The monoisotopic (exact) mass is 295 g/mol. The van der Waals surface area contributed by atoms with Crippen LogP contribution >= 0.6 is 0 Å². The molecule has 1 heterocycles. The highest BCUT2D eigenvalue weighted by atomic mass is 16.2. The molecular formula is C16H29N3O2. The highest BCUT2D eigenvalue weighted by Crippen LogP contribution is 2.33. The highest BCUT2D eigenvalue weighted by Gasteiger charge is 2.33. The summed E-state index contributed by atoms with van der Waals surface area (Å²) in [7, 11) is 1.67. The molecule has 0 aromatic rings. The summed E-state index contributed by atoms with van der Waals surface area (Å²) in [5.74, 6) is 1.06. The van der Waals surface area contributed by atoms with Crippen molar-refractivity contribution in [1.82, 2.24) is 10.2 Å². The summed E-state index contributed by atoms with van der Waals surface area (Å²) in [5.41, 5.74) is 5.65. The van der Waals surface area contributed by atoms with Crippen LogP contribution in [-0.4, -0.2) is 43.4 Å². The van der Waals surface area contributed by atoms with Crippen LogP contribution in [0.4, 0.5) is 0 Å². The lowest BCUT2D eigenvalue weighted by Gasteiger charge is -2.36. The number of carbonyl (C=O) groups is 2. The zero-order chi connectivity index (χ0) is 15.2. The summed E-state index contributed by atoms with van der Waals surface area (Å²) < 4.78 is 0. The Hall–Kier alpha value is -1.10. The minimum Gasteiger partial charge on any atom is -0.359 e. The molecule has 5 nitrogen and oxygen atoms in total. The molecule has 120 valence electrons. The van der Waals surface area contributed by atoms with Gasteiger partial charge in [0, 0.05) is 26.1 Å². The zero-order valence-corrected chi connectivity index (χ0v) is 13.1. The predicted octanol–water partition coefficient (Wildman–Crippen LogP) is 1.13. The van der Waals surface area contributed by atoms with E-state index in [1.54, 1.807) is 7.05 Å². The van der Waals surface area contributed by atoms with E-state index in [9.17, 15) is 9.59 Å². The first-order chi connectivity index (χ1) is 10.2. The third-order valence-corrected chi connectivity index (χ3v) is 5.06. The summed E-state index contributed by atoms with van der Waals surface area (Å²) in [4.78, 5) is 26.4. The second-order valence-electron chi connectivity index (χ2n) is 6.54. The molecule has 1 aliphatic heterocycles. The lowest BCUT2D eigenvalue weighted by atomic mass is 9.79. The molecule has 3 unspecified atom stereocenters. The Kier molecular flexibility index (Phi) is 6.03. The van der Waals surface area contributed by atoms with E-state index in [0.29, 0.717) is 19.0 Å². The molecular weight excluding hydrogens is 266 g/mol. The van der Waals surface area contributed by atoms with Gasteiger partial charge in [-0.2, -0.15) is 0 Å². The van der Waals surface area contributed by atoms with Crippen LogP contribution in [0.2, 0.25) is 0 Å². The highest BCUT2D eigenvalue weighted by molar-refractivity contribution is 5.82. The van der Waals surface area contributed by atoms with Crippen molar-refractivity contribution in [2.45, 2.75) is 44.9 Å². The molecule has 0 radical (unpaired) electrons. The fraction of sp³-hybridized carbons (Fsp3) is 0.875. The maximum absolute atomic E-state index is 12.7. The first-order valence-electron chi connectivity index (χ1n) is 8.36. The summed E-state index contributed by atoms with van der Waals surface area (Å²) in [6.07, 6.45) is 7.19. The topological polar surface area (TPSA) is 75.4 Å². The average molecular weight is 295 g/mol. The van der Waals surface area contributed by atoms with Gasteiger partial charge < -0.3 is 16.0 Å². The minimum absolute atomic E-state index is 0.0314. The molecule has 2 aliphatic rings. The first-order valence-corrected chi connectivity index (χ1v) is 8.36. The molecule has 2 amide bonds. The van der Waals surface area contributed by atoms with E-state index in [4.69, 9.17) is 5.73 Å². The van der Waals surface area contributed by atoms with Gasteiger partial charge >= 0.3 is 0 Å². The van der Waals surface area contributed by atoms with E-state index >= 15 is 0 Å². The molecule has 5 heteroatoms. The van der Waals surface area contributed by atoms with Crippen molar-refractivity contribution in [3.8, 4) is 0 Å². The third kappa shape index (κ3) is 4.19. The molecule has 0 aromatic carbocycles. The molecule has 0 spiro atoms. The molecule has 1 aliphatic carbocycles. The number of nitrogens with zero attached hydrogens (tertiary/aromatic N) is 1. The van der Waals surface area contributed by atoms with E-state index in [1.807, 2.05) is 4.90 Å². The van der Waals surface area contributed by atoms with Crippen LogP contribution in [-0.2, 0) is 9.59 Å². The zero-order valence-electron chi connectivity index (χ0n) is 13.1. The normalized spacial score (nSPS) is 30.0. The van der Waals surface area contributed by atoms with Crippen molar-refractivity contribution in [3.63, 3.8) is 0 Å². The predicted molar refractivity (Wildman–Crippen MR) is 82.5 cm³/mol. The Labute approximate surface area is 127 Å². The van der Waals surface area contributed by atoms with E-state index in [1.165, 1.54) is 6.42 Å². The Bertz CT molecular complexity index is 371. The Morgan fingerprint density at radius 1 is 1.19 bits per heavy atom. The summed E-state index contributed by atoms with van der Waals surface area (Å²) in [6.45, 7) is 2.12. The summed E-state index contributed by atoms with van der Waals surface area (Å²) >= 11 is 0. The smallest absolute Gasteiger partial charge is 0.225 e. The van der Waals surface area contributed by atoms with Gasteiger partial charge in [-0.1, -0.05) is 12.8 Å². The molecule has 3 N–H and O–H groups in total. The molecule has 0 bridgehead atoms. The van der Waals surface area contributed by atoms with Crippen LogP contribution in [0, 0.1) is 17.8 Å². The van der Waals surface area contributed by atoms with Crippen molar-refractivity contribution in [2.24, 2.45) is 23.5 Å².